The van der Waals surface area contributed by atoms with Crippen LogP contribution in [0.2, 0.25) is 0 Å². The highest BCUT2D eigenvalue weighted by molar-refractivity contribution is 6.16. The quantitative estimate of drug-likeness (QED) is 0.635. The minimum absolute atomic E-state index is 0.195. The van der Waals surface area contributed by atoms with Crippen LogP contribution in [0.5, 0.6) is 11.5 Å². The van der Waals surface area contributed by atoms with Gasteiger partial charge in [-0.1, -0.05) is 30.3 Å². The van der Waals surface area contributed by atoms with Crippen molar-refractivity contribution >= 4 is 11.7 Å². The molecule has 2 aromatic carbocycles. The molecule has 1 atom stereocenters. The zero-order chi connectivity index (χ0) is 18.0. The summed E-state index contributed by atoms with van der Waals surface area (Å²) >= 11 is 0. The van der Waals surface area contributed by atoms with Gasteiger partial charge in [0, 0.05) is 13.6 Å². The Morgan fingerprint density at radius 2 is 1.84 bits per heavy atom. The Kier molecular flexibility index (Phi) is 4.74. The third-order valence-electron chi connectivity index (χ3n) is 4.64. The Morgan fingerprint density at radius 1 is 1.08 bits per heavy atom. The van der Waals surface area contributed by atoms with Crippen LogP contribution in [-0.4, -0.2) is 44.4 Å². The topological polar surface area (TPSA) is 55.8 Å². The minimum atomic E-state index is -0.871. The van der Waals surface area contributed by atoms with E-state index in [4.69, 9.17) is 9.47 Å². The van der Waals surface area contributed by atoms with Gasteiger partial charge in [-0.25, -0.2) is 0 Å². The van der Waals surface area contributed by atoms with Crippen molar-refractivity contribution in [3.63, 3.8) is 0 Å². The van der Waals surface area contributed by atoms with Gasteiger partial charge in [-0.15, -0.1) is 0 Å². The van der Waals surface area contributed by atoms with Gasteiger partial charge in [-0.2, -0.15) is 0 Å². The zero-order valence-corrected chi connectivity index (χ0v) is 14.6. The molecule has 0 bridgehead atoms. The smallest absolute Gasteiger partial charge is 0.237 e. The molecule has 2 aromatic rings. The fourth-order valence-corrected chi connectivity index (χ4v) is 3.29. The highest BCUT2D eigenvalue weighted by atomic mass is 16.5. The second-order valence-corrected chi connectivity index (χ2v) is 6.05. The number of carbonyl (C=O) groups is 2. The molecule has 3 rings (SSSR count). The Bertz CT molecular complexity index is 815. The number of ketones is 1. The van der Waals surface area contributed by atoms with Crippen molar-refractivity contribution < 1.29 is 19.1 Å². The maximum absolute atomic E-state index is 13.3. The molecule has 1 aliphatic rings. The molecule has 5 nitrogen and oxygen atoms in total. The SMILES string of the molecule is COc1cccc(C(=O)[C@@H]2C(=O)N(C)CCc3ccccc32)c1OC. The van der Waals surface area contributed by atoms with Crippen LogP contribution in [0, 0.1) is 0 Å². The summed E-state index contributed by atoms with van der Waals surface area (Å²) < 4.78 is 10.7. The van der Waals surface area contributed by atoms with Crippen LogP contribution in [0.1, 0.15) is 27.4 Å². The molecule has 130 valence electrons. The lowest BCUT2D eigenvalue weighted by Crippen LogP contribution is -2.34. The number of nitrogens with zero attached hydrogens (tertiary/aromatic N) is 1. The molecule has 0 saturated heterocycles. The van der Waals surface area contributed by atoms with Crippen molar-refractivity contribution in [3.8, 4) is 11.5 Å². The number of para-hydroxylation sites is 1. The lowest BCUT2D eigenvalue weighted by Gasteiger charge is -2.21. The lowest BCUT2D eigenvalue weighted by atomic mass is 9.86. The first kappa shape index (κ1) is 17.0. The summed E-state index contributed by atoms with van der Waals surface area (Å²) in [7, 11) is 4.74. The molecule has 1 heterocycles. The standard InChI is InChI=1S/C20H21NO4/c1-21-12-11-13-7-4-5-8-14(13)17(20(21)23)18(22)15-9-6-10-16(24-2)19(15)25-3/h4-10,17H,11-12H2,1-3H3/t17-/m1/s1. The van der Waals surface area contributed by atoms with Gasteiger partial charge in [0.15, 0.2) is 17.3 Å². The fourth-order valence-electron chi connectivity index (χ4n) is 3.29. The van der Waals surface area contributed by atoms with Crippen LogP contribution in [0.15, 0.2) is 42.5 Å². The van der Waals surface area contributed by atoms with Crippen molar-refractivity contribution in [1.82, 2.24) is 4.90 Å². The van der Waals surface area contributed by atoms with Crippen LogP contribution < -0.4 is 9.47 Å². The number of benzene rings is 2. The predicted molar refractivity (Wildman–Crippen MR) is 94.4 cm³/mol. The van der Waals surface area contributed by atoms with E-state index in [1.807, 2.05) is 24.3 Å². The van der Waals surface area contributed by atoms with Crippen LogP contribution in [0.4, 0.5) is 0 Å². The third-order valence-corrected chi connectivity index (χ3v) is 4.64. The minimum Gasteiger partial charge on any atom is -0.493 e. The molecule has 5 heteroatoms. The Hall–Kier alpha value is -2.82. The van der Waals surface area contributed by atoms with Gasteiger partial charge in [0.2, 0.25) is 5.91 Å². The van der Waals surface area contributed by atoms with Gasteiger partial charge in [-0.05, 0) is 29.7 Å². The summed E-state index contributed by atoms with van der Waals surface area (Å²) in [5, 5.41) is 0. The predicted octanol–water partition coefficient (Wildman–Crippen LogP) is 2.68. The van der Waals surface area contributed by atoms with Crippen molar-refractivity contribution in [3.05, 3.63) is 59.2 Å². The van der Waals surface area contributed by atoms with Crippen LogP contribution in [0.25, 0.3) is 0 Å². The number of likely N-dealkylation sites (N-methyl/N-ethyl adjacent to an activating group) is 1. The first-order chi connectivity index (χ1) is 12.1. The number of amides is 1. The first-order valence-electron chi connectivity index (χ1n) is 8.16. The molecule has 0 fully saturated rings. The van der Waals surface area contributed by atoms with Gasteiger partial charge < -0.3 is 14.4 Å². The molecular formula is C20H21NO4. The Labute approximate surface area is 147 Å². The molecule has 0 saturated carbocycles. The first-order valence-corrected chi connectivity index (χ1v) is 8.16. The second kappa shape index (κ2) is 6.97. The van der Waals surface area contributed by atoms with E-state index in [1.54, 1.807) is 30.1 Å². The number of ether oxygens (including phenoxy) is 2. The van der Waals surface area contributed by atoms with Crippen LogP contribution in [-0.2, 0) is 11.2 Å². The summed E-state index contributed by atoms with van der Waals surface area (Å²) in [6.07, 6.45) is 0.734. The molecule has 1 amide bonds. The van der Waals surface area contributed by atoms with Crippen molar-refractivity contribution in [2.75, 3.05) is 27.8 Å². The van der Waals surface area contributed by atoms with E-state index in [1.165, 1.54) is 14.2 Å². The number of hydrogen-bond acceptors (Lipinski definition) is 4. The molecule has 0 N–H and O–H groups in total. The van der Waals surface area contributed by atoms with Crippen molar-refractivity contribution in [2.24, 2.45) is 0 Å². The molecule has 0 radical (unpaired) electrons. The van der Waals surface area contributed by atoms with E-state index in [2.05, 4.69) is 0 Å². The number of Topliss-reactive ketones (excluding diaryl/α,β-unsaturated/α-hetero) is 1. The molecule has 0 aliphatic carbocycles. The molecular weight excluding hydrogens is 318 g/mol. The maximum atomic E-state index is 13.3. The lowest BCUT2D eigenvalue weighted by molar-refractivity contribution is -0.130. The van der Waals surface area contributed by atoms with E-state index in [-0.39, 0.29) is 11.7 Å². The highest BCUT2D eigenvalue weighted by Crippen LogP contribution is 2.36. The zero-order valence-electron chi connectivity index (χ0n) is 14.6. The summed E-state index contributed by atoms with van der Waals surface area (Å²) in [5.74, 6) is -0.519. The molecule has 0 unspecified atom stereocenters. The molecule has 0 aromatic heterocycles. The molecule has 1 aliphatic heterocycles. The molecule has 25 heavy (non-hydrogen) atoms. The number of hydrogen-bond donors (Lipinski definition) is 0. The van der Waals surface area contributed by atoms with E-state index >= 15 is 0 Å². The van der Waals surface area contributed by atoms with Gasteiger partial charge in [0.05, 0.1) is 19.8 Å². The Balaban J connectivity index is 2.14. The maximum Gasteiger partial charge on any atom is 0.237 e. The number of carbonyl (C=O) groups excluding carboxylic acids is 2. The Morgan fingerprint density at radius 3 is 2.56 bits per heavy atom. The normalized spacial score (nSPS) is 16.8. The van der Waals surface area contributed by atoms with Gasteiger partial charge >= 0.3 is 0 Å². The second-order valence-electron chi connectivity index (χ2n) is 6.05. The summed E-state index contributed by atoms with van der Waals surface area (Å²) in [6.45, 7) is 0.592. The summed E-state index contributed by atoms with van der Waals surface area (Å²) in [6, 6.07) is 12.8. The van der Waals surface area contributed by atoms with E-state index in [0.29, 0.717) is 23.6 Å². The van der Waals surface area contributed by atoms with Crippen LogP contribution >= 0.6 is 0 Å². The number of rotatable bonds is 4. The summed E-state index contributed by atoms with van der Waals surface area (Å²) in [4.78, 5) is 27.9. The van der Waals surface area contributed by atoms with E-state index in [0.717, 1.165) is 17.5 Å². The molecule has 0 spiro atoms. The van der Waals surface area contributed by atoms with E-state index < -0.39 is 5.92 Å². The van der Waals surface area contributed by atoms with Gasteiger partial charge in [-0.3, -0.25) is 9.59 Å². The van der Waals surface area contributed by atoms with Gasteiger partial charge in [0.25, 0.3) is 0 Å². The summed E-state index contributed by atoms with van der Waals surface area (Å²) in [5.41, 5.74) is 2.15. The van der Waals surface area contributed by atoms with Crippen LogP contribution in [0.3, 0.4) is 0 Å². The van der Waals surface area contributed by atoms with E-state index in [9.17, 15) is 9.59 Å². The monoisotopic (exact) mass is 339 g/mol. The number of fused-ring (bicyclic) bond motifs is 1. The van der Waals surface area contributed by atoms with Gasteiger partial charge in [0.1, 0.15) is 5.92 Å². The fraction of sp³-hybridized carbons (Fsp3) is 0.300. The largest absolute Gasteiger partial charge is 0.493 e. The number of methoxy groups -OCH3 is 2. The van der Waals surface area contributed by atoms with Crippen molar-refractivity contribution in [1.29, 1.82) is 0 Å². The third kappa shape index (κ3) is 2.97. The average molecular weight is 339 g/mol. The average Bonchev–Trinajstić information content (AvgIpc) is 2.77. The van der Waals surface area contributed by atoms with Crippen molar-refractivity contribution in [2.45, 2.75) is 12.3 Å². The highest BCUT2D eigenvalue weighted by Gasteiger charge is 2.36.